The highest BCUT2D eigenvalue weighted by Crippen LogP contribution is 2.39. The molecule has 48 heavy (non-hydrogen) atoms. The summed E-state index contributed by atoms with van der Waals surface area (Å²) in [6.45, 7) is 15.0. The second-order valence-corrected chi connectivity index (χ2v) is 15.2. The van der Waals surface area contributed by atoms with E-state index in [1.807, 2.05) is 32.6 Å². The van der Waals surface area contributed by atoms with Crippen LogP contribution in [0.15, 0.2) is 42.6 Å². The third kappa shape index (κ3) is 9.94. The first-order valence-electron chi connectivity index (χ1n) is 15.4. The molecule has 0 atom stereocenters. The molecule has 260 valence electrons. The monoisotopic (exact) mass is 684 g/mol. The van der Waals surface area contributed by atoms with Gasteiger partial charge in [-0.25, -0.2) is 18.2 Å². The van der Waals surface area contributed by atoms with E-state index >= 15 is 0 Å². The summed E-state index contributed by atoms with van der Waals surface area (Å²) in [6, 6.07) is 10.1. The average Bonchev–Trinajstić information content (AvgIpc) is 2.96. The molecule has 0 saturated carbocycles. The zero-order chi connectivity index (χ0) is 35.4. The van der Waals surface area contributed by atoms with Crippen molar-refractivity contribution in [2.45, 2.75) is 59.5 Å². The number of hydrogen-bond donors (Lipinski definition) is 2. The summed E-state index contributed by atoms with van der Waals surface area (Å²) in [7, 11) is -2.23. The number of carbonyl (C=O) groups is 2. The van der Waals surface area contributed by atoms with Gasteiger partial charge in [0.05, 0.1) is 37.8 Å². The fourth-order valence-corrected chi connectivity index (χ4v) is 5.25. The SMILES string of the molecule is COc1c(NC(=O)c2ccc(C)c(Oc3ccnc(N4CCN(OC(=O)OC(C)(C)C)CC4)n3)c2)cc(C(C)(C)C)cc1NS(C)(=O)=O. The van der Waals surface area contributed by atoms with Crippen LogP contribution in [0.3, 0.4) is 0 Å². The lowest BCUT2D eigenvalue weighted by molar-refractivity contribution is -0.144. The maximum absolute atomic E-state index is 13.5. The van der Waals surface area contributed by atoms with Crippen LogP contribution in [-0.2, 0) is 25.0 Å². The predicted molar refractivity (Wildman–Crippen MR) is 183 cm³/mol. The number of nitrogens with one attached hydrogen (secondary N) is 2. The van der Waals surface area contributed by atoms with Crippen molar-refractivity contribution in [2.75, 3.05) is 54.5 Å². The van der Waals surface area contributed by atoms with E-state index in [2.05, 4.69) is 20.0 Å². The first-order valence-corrected chi connectivity index (χ1v) is 17.2. The summed E-state index contributed by atoms with van der Waals surface area (Å²) in [5, 5.41) is 4.42. The molecule has 2 heterocycles. The molecule has 3 aromatic rings. The van der Waals surface area contributed by atoms with Crippen molar-refractivity contribution in [2.24, 2.45) is 0 Å². The van der Waals surface area contributed by atoms with E-state index < -0.39 is 27.7 Å². The van der Waals surface area contributed by atoms with Gasteiger partial charge in [0, 0.05) is 30.9 Å². The lowest BCUT2D eigenvalue weighted by Crippen LogP contribution is -2.48. The number of aryl methyl sites for hydroxylation is 1. The van der Waals surface area contributed by atoms with E-state index in [9.17, 15) is 18.0 Å². The molecule has 0 spiro atoms. The zero-order valence-electron chi connectivity index (χ0n) is 28.8. The van der Waals surface area contributed by atoms with Crippen molar-refractivity contribution in [3.05, 3.63) is 59.3 Å². The molecule has 2 N–H and O–H groups in total. The van der Waals surface area contributed by atoms with Crippen LogP contribution < -0.4 is 24.4 Å². The summed E-state index contributed by atoms with van der Waals surface area (Å²) in [6.07, 6.45) is 1.89. The van der Waals surface area contributed by atoms with Crippen LogP contribution in [-0.4, -0.2) is 80.7 Å². The number of amides is 1. The van der Waals surface area contributed by atoms with Crippen molar-refractivity contribution in [1.82, 2.24) is 15.0 Å². The van der Waals surface area contributed by atoms with Gasteiger partial charge in [-0.05, 0) is 68.5 Å². The Kier molecular flexibility index (Phi) is 10.7. The molecular formula is C33H44N6O8S. The van der Waals surface area contributed by atoms with Crippen LogP contribution in [0.5, 0.6) is 17.4 Å². The van der Waals surface area contributed by atoms with Crippen LogP contribution in [0, 0.1) is 6.92 Å². The van der Waals surface area contributed by atoms with E-state index in [-0.39, 0.29) is 22.7 Å². The molecule has 0 unspecified atom stereocenters. The van der Waals surface area contributed by atoms with Gasteiger partial charge in [-0.2, -0.15) is 4.98 Å². The molecular weight excluding hydrogens is 640 g/mol. The van der Waals surface area contributed by atoms with Gasteiger partial charge in [0.1, 0.15) is 11.4 Å². The first kappa shape index (κ1) is 36.2. The zero-order valence-corrected chi connectivity index (χ0v) is 29.6. The fourth-order valence-electron chi connectivity index (χ4n) is 4.70. The van der Waals surface area contributed by atoms with Crippen molar-refractivity contribution < 1.29 is 37.1 Å². The van der Waals surface area contributed by atoms with Gasteiger partial charge in [-0.15, -0.1) is 5.06 Å². The first-order chi connectivity index (χ1) is 22.3. The third-order valence-electron chi connectivity index (χ3n) is 7.10. The molecule has 1 amide bonds. The van der Waals surface area contributed by atoms with Gasteiger partial charge in [-0.3, -0.25) is 9.52 Å². The molecule has 1 fully saturated rings. The maximum atomic E-state index is 13.5. The van der Waals surface area contributed by atoms with Gasteiger partial charge >= 0.3 is 6.16 Å². The number of rotatable bonds is 9. The van der Waals surface area contributed by atoms with Crippen molar-refractivity contribution in [3.8, 4) is 17.4 Å². The fraction of sp³-hybridized carbons (Fsp3) is 0.455. The van der Waals surface area contributed by atoms with Gasteiger partial charge in [0.15, 0.2) is 5.75 Å². The highest BCUT2D eigenvalue weighted by atomic mass is 32.2. The predicted octanol–water partition coefficient (Wildman–Crippen LogP) is 5.50. The van der Waals surface area contributed by atoms with E-state index in [4.69, 9.17) is 19.0 Å². The Morgan fingerprint density at radius 3 is 2.21 bits per heavy atom. The number of sulfonamides is 1. The van der Waals surface area contributed by atoms with Gasteiger partial charge < -0.3 is 29.3 Å². The Balaban J connectivity index is 1.49. The van der Waals surface area contributed by atoms with Crippen LogP contribution >= 0.6 is 0 Å². The van der Waals surface area contributed by atoms with E-state index in [0.29, 0.717) is 49.1 Å². The molecule has 1 aliphatic rings. The summed E-state index contributed by atoms with van der Waals surface area (Å²) in [4.78, 5) is 41.8. The number of piperazine rings is 1. The Morgan fingerprint density at radius 1 is 0.938 bits per heavy atom. The summed E-state index contributed by atoms with van der Waals surface area (Å²) < 4.78 is 43.6. The third-order valence-corrected chi connectivity index (χ3v) is 7.69. The van der Waals surface area contributed by atoms with Crippen LogP contribution in [0.1, 0.15) is 63.0 Å². The minimum atomic E-state index is -3.63. The number of aromatic nitrogens is 2. The Bertz CT molecular complexity index is 1760. The van der Waals surface area contributed by atoms with Crippen molar-refractivity contribution in [1.29, 1.82) is 0 Å². The van der Waals surface area contributed by atoms with Gasteiger partial charge in [0.2, 0.25) is 21.9 Å². The van der Waals surface area contributed by atoms with Crippen molar-refractivity contribution in [3.63, 3.8) is 0 Å². The number of hydroxylamine groups is 2. The lowest BCUT2D eigenvalue weighted by atomic mass is 9.86. The maximum Gasteiger partial charge on any atom is 0.528 e. The van der Waals surface area contributed by atoms with Crippen LogP contribution in [0.25, 0.3) is 0 Å². The van der Waals surface area contributed by atoms with Gasteiger partial charge in [-0.1, -0.05) is 26.8 Å². The lowest BCUT2D eigenvalue weighted by Gasteiger charge is -2.33. The molecule has 1 aliphatic heterocycles. The standard InChI is InChI=1S/C33H44N6O8S/c1-21-10-11-22(29(40)35-24-19-23(32(2,3)4)20-25(28(24)44-8)37-48(9,42)43)18-26(21)45-27-12-13-34-30(36-27)38-14-16-39(17-15-38)47-31(41)46-33(5,6)7/h10-13,18-20,37H,14-17H2,1-9H3,(H,35,40). The van der Waals surface area contributed by atoms with Gasteiger partial charge in [0.25, 0.3) is 5.91 Å². The molecule has 0 aliphatic carbocycles. The summed E-state index contributed by atoms with van der Waals surface area (Å²) >= 11 is 0. The average molecular weight is 685 g/mol. The van der Waals surface area contributed by atoms with Crippen molar-refractivity contribution >= 4 is 39.4 Å². The molecule has 15 heteroatoms. The quantitative estimate of drug-likeness (QED) is 0.273. The molecule has 0 radical (unpaired) electrons. The highest BCUT2D eigenvalue weighted by molar-refractivity contribution is 7.92. The number of hydrogen-bond acceptors (Lipinski definition) is 12. The topological polar surface area (TPSA) is 162 Å². The van der Waals surface area contributed by atoms with E-state index in [1.165, 1.54) is 7.11 Å². The number of ether oxygens (including phenoxy) is 3. The van der Waals surface area contributed by atoms with E-state index in [0.717, 1.165) is 17.4 Å². The molecule has 0 bridgehead atoms. The van der Waals surface area contributed by atoms with E-state index in [1.54, 1.807) is 68.4 Å². The smallest absolute Gasteiger partial charge is 0.492 e. The largest absolute Gasteiger partial charge is 0.528 e. The number of nitrogens with zero attached hydrogens (tertiary/aromatic N) is 4. The summed E-state index contributed by atoms with van der Waals surface area (Å²) in [5.41, 5.74) is 1.37. The highest BCUT2D eigenvalue weighted by Gasteiger charge is 2.26. The summed E-state index contributed by atoms with van der Waals surface area (Å²) in [5.74, 6) is 0.864. The molecule has 2 aromatic carbocycles. The number of anilines is 3. The molecule has 14 nitrogen and oxygen atoms in total. The molecule has 1 aromatic heterocycles. The minimum Gasteiger partial charge on any atom is -0.492 e. The molecule has 1 saturated heterocycles. The number of benzene rings is 2. The molecule has 4 rings (SSSR count). The van der Waals surface area contributed by atoms with Crippen LogP contribution in [0.4, 0.5) is 22.1 Å². The number of methoxy groups -OCH3 is 1. The Labute approximate surface area is 281 Å². The second-order valence-electron chi connectivity index (χ2n) is 13.4. The second kappa shape index (κ2) is 14.2. The normalized spacial score (nSPS) is 14.2. The Morgan fingerprint density at radius 2 is 1.60 bits per heavy atom. The minimum absolute atomic E-state index is 0.177. The van der Waals surface area contributed by atoms with Crippen LogP contribution in [0.2, 0.25) is 0 Å². The Hall–Kier alpha value is -4.63. The number of carbonyl (C=O) groups excluding carboxylic acids is 2.